The molecule has 3 N–H and O–H groups in total. The second kappa shape index (κ2) is 9.09. The van der Waals surface area contributed by atoms with Crippen LogP contribution >= 0.6 is 11.3 Å². The van der Waals surface area contributed by atoms with Gasteiger partial charge in [-0.25, -0.2) is 14.8 Å². The normalized spacial score (nSPS) is 10.9. The van der Waals surface area contributed by atoms with Gasteiger partial charge in [0.25, 0.3) is 5.91 Å². The van der Waals surface area contributed by atoms with Crippen LogP contribution in [0.2, 0.25) is 0 Å². The molecule has 28 heavy (non-hydrogen) atoms. The summed E-state index contributed by atoms with van der Waals surface area (Å²) >= 11 is 1.13. The predicted molar refractivity (Wildman–Crippen MR) is 108 cm³/mol. The lowest BCUT2D eigenvalue weighted by Gasteiger charge is -2.07. The fourth-order valence-corrected chi connectivity index (χ4v) is 3.28. The topological polar surface area (TPSA) is 89.6 Å². The van der Waals surface area contributed by atoms with Gasteiger partial charge in [0.05, 0.1) is 11.9 Å². The fourth-order valence-electron chi connectivity index (χ4n) is 2.46. The Hall–Kier alpha value is -3.26. The number of aromatic nitrogens is 1. The number of halogens is 1. The van der Waals surface area contributed by atoms with Gasteiger partial charge in [-0.15, -0.1) is 0 Å². The van der Waals surface area contributed by atoms with Gasteiger partial charge in [0.15, 0.2) is 5.13 Å². The third kappa shape index (κ3) is 4.92. The van der Waals surface area contributed by atoms with Gasteiger partial charge in [0.2, 0.25) is 0 Å². The Bertz CT molecular complexity index is 1000. The van der Waals surface area contributed by atoms with Gasteiger partial charge in [0.1, 0.15) is 23.1 Å². The molecule has 2 aromatic carbocycles. The van der Waals surface area contributed by atoms with Crippen LogP contribution in [0, 0.1) is 5.82 Å². The summed E-state index contributed by atoms with van der Waals surface area (Å²) in [5.41, 5.74) is 9.99. The first kappa shape index (κ1) is 19.5. The first-order chi connectivity index (χ1) is 13.6. The van der Waals surface area contributed by atoms with Crippen LogP contribution in [-0.4, -0.2) is 17.1 Å². The van der Waals surface area contributed by atoms with E-state index < -0.39 is 0 Å². The van der Waals surface area contributed by atoms with Crippen LogP contribution in [0.5, 0.6) is 5.75 Å². The Morgan fingerprint density at radius 3 is 2.93 bits per heavy atom. The number of anilines is 1. The molecule has 3 rings (SSSR count). The quantitative estimate of drug-likeness (QED) is 0.468. The number of nitrogen functional groups attached to an aromatic ring is 1. The number of carbonyl (C=O) groups excluding carboxylic acids is 1. The smallest absolute Gasteiger partial charge is 0.283 e. The van der Waals surface area contributed by atoms with Gasteiger partial charge < -0.3 is 10.5 Å². The summed E-state index contributed by atoms with van der Waals surface area (Å²) in [6.45, 7) is 2.03. The summed E-state index contributed by atoms with van der Waals surface area (Å²) in [5.74, 6) is -0.0885. The number of aryl methyl sites for hydroxylation is 1. The maximum absolute atomic E-state index is 13.7. The molecule has 0 saturated heterocycles. The van der Waals surface area contributed by atoms with Crippen molar-refractivity contribution in [2.24, 2.45) is 5.10 Å². The molecule has 0 spiro atoms. The van der Waals surface area contributed by atoms with Crippen molar-refractivity contribution in [3.63, 3.8) is 0 Å². The van der Waals surface area contributed by atoms with Crippen molar-refractivity contribution in [3.8, 4) is 5.75 Å². The maximum atomic E-state index is 13.7. The van der Waals surface area contributed by atoms with Crippen molar-refractivity contribution in [2.45, 2.75) is 20.0 Å². The minimum atomic E-state index is -0.353. The number of benzene rings is 2. The number of rotatable bonds is 7. The van der Waals surface area contributed by atoms with Crippen LogP contribution in [0.25, 0.3) is 0 Å². The van der Waals surface area contributed by atoms with E-state index >= 15 is 0 Å². The van der Waals surface area contributed by atoms with Crippen molar-refractivity contribution in [1.82, 2.24) is 10.4 Å². The van der Waals surface area contributed by atoms with Crippen LogP contribution < -0.4 is 15.9 Å². The first-order valence-electron chi connectivity index (χ1n) is 8.61. The van der Waals surface area contributed by atoms with E-state index in [9.17, 15) is 9.18 Å². The highest BCUT2D eigenvalue weighted by atomic mass is 32.1. The molecule has 0 fully saturated rings. The van der Waals surface area contributed by atoms with Gasteiger partial charge in [-0.05, 0) is 30.2 Å². The number of amides is 1. The largest absolute Gasteiger partial charge is 0.489 e. The molecule has 0 unspecified atom stereocenters. The first-order valence-corrected chi connectivity index (χ1v) is 9.43. The Labute approximate surface area is 165 Å². The van der Waals surface area contributed by atoms with Gasteiger partial charge >= 0.3 is 0 Å². The van der Waals surface area contributed by atoms with Crippen LogP contribution in [-0.2, 0) is 13.0 Å². The highest BCUT2D eigenvalue weighted by Gasteiger charge is 2.15. The van der Waals surface area contributed by atoms with E-state index in [1.807, 2.05) is 13.0 Å². The molecule has 1 aromatic heterocycles. The SMILES string of the molecule is CCc1nc(N)sc1C(=O)N/N=C/c1cccc(OCc2ccccc2F)c1. The van der Waals surface area contributed by atoms with Crippen LogP contribution in [0.3, 0.4) is 0 Å². The van der Waals surface area contributed by atoms with Crippen molar-refractivity contribution in [1.29, 1.82) is 0 Å². The summed E-state index contributed by atoms with van der Waals surface area (Å²) in [4.78, 5) is 16.8. The molecule has 0 aliphatic rings. The minimum absolute atomic E-state index is 0.122. The average molecular weight is 398 g/mol. The maximum Gasteiger partial charge on any atom is 0.283 e. The van der Waals surface area contributed by atoms with Crippen molar-refractivity contribution < 1.29 is 13.9 Å². The van der Waals surface area contributed by atoms with Crippen molar-refractivity contribution in [2.75, 3.05) is 5.73 Å². The Balaban J connectivity index is 1.61. The number of ether oxygens (including phenoxy) is 1. The molecule has 0 atom stereocenters. The lowest BCUT2D eigenvalue weighted by Crippen LogP contribution is -2.17. The van der Waals surface area contributed by atoms with Crippen molar-refractivity contribution in [3.05, 3.63) is 76.0 Å². The lowest BCUT2D eigenvalue weighted by molar-refractivity contribution is 0.0958. The second-order valence-electron chi connectivity index (χ2n) is 5.83. The van der Waals surface area contributed by atoms with E-state index in [1.54, 1.807) is 36.4 Å². The summed E-state index contributed by atoms with van der Waals surface area (Å²) < 4.78 is 19.3. The van der Waals surface area contributed by atoms with E-state index in [0.717, 1.165) is 16.9 Å². The van der Waals surface area contributed by atoms with Gasteiger partial charge in [-0.2, -0.15) is 5.10 Å². The molecule has 6 nitrogen and oxygen atoms in total. The zero-order chi connectivity index (χ0) is 19.9. The van der Waals surface area contributed by atoms with E-state index in [1.165, 1.54) is 12.3 Å². The molecule has 1 heterocycles. The van der Waals surface area contributed by atoms with Gasteiger partial charge in [0, 0.05) is 5.56 Å². The zero-order valence-corrected chi connectivity index (χ0v) is 16.0. The van der Waals surface area contributed by atoms with Gasteiger partial charge in [-0.1, -0.05) is 48.6 Å². The standard InChI is InChI=1S/C20H19FN4O2S/c1-2-17-18(28-20(22)24-17)19(26)25-23-11-13-6-5-8-15(10-13)27-12-14-7-3-4-9-16(14)21/h3-11H,2,12H2,1H3,(H2,22,24)(H,25,26)/b23-11+. The Morgan fingerprint density at radius 2 is 2.14 bits per heavy atom. The van der Waals surface area contributed by atoms with Crippen molar-refractivity contribution >= 4 is 28.6 Å². The highest BCUT2D eigenvalue weighted by molar-refractivity contribution is 7.17. The highest BCUT2D eigenvalue weighted by Crippen LogP contribution is 2.20. The zero-order valence-electron chi connectivity index (χ0n) is 15.2. The van der Waals surface area contributed by atoms with Crippen LogP contribution in [0.1, 0.15) is 33.4 Å². The van der Waals surface area contributed by atoms with E-state index in [0.29, 0.717) is 33.4 Å². The number of hydrazone groups is 1. The molecule has 0 bridgehead atoms. The third-order valence-corrected chi connectivity index (χ3v) is 4.77. The molecule has 0 aliphatic carbocycles. The fraction of sp³-hybridized carbons (Fsp3) is 0.150. The molecular formula is C20H19FN4O2S. The van der Waals surface area contributed by atoms with Gasteiger partial charge in [-0.3, -0.25) is 4.79 Å². The van der Waals surface area contributed by atoms with E-state index in [-0.39, 0.29) is 18.3 Å². The molecule has 0 radical (unpaired) electrons. The number of hydrogen-bond donors (Lipinski definition) is 2. The summed E-state index contributed by atoms with van der Waals surface area (Å²) in [5, 5.41) is 4.33. The molecule has 144 valence electrons. The number of nitrogens with two attached hydrogens (primary N) is 1. The molecule has 3 aromatic rings. The summed E-state index contributed by atoms with van der Waals surface area (Å²) in [7, 11) is 0. The molecule has 8 heteroatoms. The molecule has 0 aliphatic heterocycles. The Kier molecular flexibility index (Phi) is 6.33. The van der Waals surface area contributed by atoms with Crippen LogP contribution in [0.15, 0.2) is 53.6 Å². The van der Waals surface area contributed by atoms with E-state index in [4.69, 9.17) is 10.5 Å². The number of nitrogens with zero attached hydrogens (tertiary/aromatic N) is 2. The molecule has 0 saturated carbocycles. The number of thiazole rings is 1. The lowest BCUT2D eigenvalue weighted by atomic mass is 10.2. The number of carbonyl (C=O) groups is 1. The summed E-state index contributed by atoms with van der Waals surface area (Å²) in [6, 6.07) is 13.6. The van der Waals surface area contributed by atoms with Crippen LogP contribution in [0.4, 0.5) is 9.52 Å². The number of hydrogen-bond acceptors (Lipinski definition) is 6. The summed E-state index contributed by atoms with van der Waals surface area (Å²) in [6.07, 6.45) is 2.12. The molecule has 1 amide bonds. The minimum Gasteiger partial charge on any atom is -0.489 e. The monoisotopic (exact) mass is 398 g/mol. The third-order valence-electron chi connectivity index (χ3n) is 3.84. The Morgan fingerprint density at radius 1 is 1.32 bits per heavy atom. The molecular weight excluding hydrogens is 379 g/mol. The van der Waals surface area contributed by atoms with E-state index in [2.05, 4.69) is 15.5 Å². The average Bonchev–Trinajstić information content (AvgIpc) is 3.08. The predicted octanol–water partition coefficient (Wildman–Crippen LogP) is 3.77. The number of nitrogens with one attached hydrogen (secondary N) is 1. The second-order valence-corrected chi connectivity index (χ2v) is 6.86.